The van der Waals surface area contributed by atoms with Gasteiger partial charge in [-0.1, -0.05) is 0 Å². The van der Waals surface area contributed by atoms with Gasteiger partial charge in [0.25, 0.3) is 11.6 Å². The number of hydrogen-bond acceptors (Lipinski definition) is 4. The number of carbonyl (C=O) groups is 1. The first-order valence-corrected chi connectivity index (χ1v) is 5.44. The summed E-state index contributed by atoms with van der Waals surface area (Å²) in [5, 5.41) is 21.8. The maximum atomic E-state index is 12.5. The predicted octanol–water partition coefficient (Wildman–Crippen LogP) is 1.72. The monoisotopic (exact) mass is 292 g/mol. The van der Waals surface area contributed by atoms with Crippen LogP contribution in [0.3, 0.4) is 0 Å². The van der Waals surface area contributed by atoms with Gasteiger partial charge in [0, 0.05) is 12.1 Å². The van der Waals surface area contributed by atoms with Crippen LogP contribution in [-0.4, -0.2) is 28.6 Å². The van der Waals surface area contributed by atoms with Gasteiger partial charge in [-0.15, -0.1) is 0 Å². The van der Waals surface area contributed by atoms with Crippen LogP contribution in [0.4, 0.5) is 18.9 Å². The van der Waals surface area contributed by atoms with Gasteiger partial charge < -0.3 is 10.4 Å². The fraction of sp³-hybridized carbons (Fsp3) is 0.364. The second-order valence-corrected chi connectivity index (χ2v) is 4.04. The SMILES string of the molecule is CC(CO)NC(=O)c1ccc(C(F)(F)F)cc1[N+](=O)[O-]. The van der Waals surface area contributed by atoms with E-state index in [9.17, 15) is 28.1 Å². The molecule has 1 rings (SSSR count). The standard InChI is InChI=1S/C11H11F3N2O4/c1-6(5-17)15-10(18)8-3-2-7(11(12,13)14)4-9(8)16(19)20/h2-4,6,17H,5H2,1H3,(H,15,18). The number of nitrogens with one attached hydrogen (secondary N) is 1. The predicted molar refractivity (Wildman–Crippen MR) is 62.1 cm³/mol. The van der Waals surface area contributed by atoms with Crippen molar-refractivity contribution in [2.24, 2.45) is 0 Å². The van der Waals surface area contributed by atoms with E-state index in [-0.39, 0.29) is 0 Å². The quantitative estimate of drug-likeness (QED) is 0.653. The lowest BCUT2D eigenvalue weighted by molar-refractivity contribution is -0.385. The van der Waals surface area contributed by atoms with E-state index in [1.54, 1.807) is 0 Å². The number of nitrogens with zero attached hydrogens (tertiary/aromatic N) is 1. The molecule has 1 amide bonds. The molecule has 0 aliphatic heterocycles. The summed E-state index contributed by atoms with van der Waals surface area (Å²) in [6.45, 7) is 1.04. The summed E-state index contributed by atoms with van der Waals surface area (Å²) in [6, 6.07) is 0.953. The van der Waals surface area contributed by atoms with Crippen molar-refractivity contribution < 1.29 is 28.0 Å². The number of aliphatic hydroxyl groups is 1. The first-order valence-electron chi connectivity index (χ1n) is 5.44. The van der Waals surface area contributed by atoms with Gasteiger partial charge >= 0.3 is 6.18 Å². The third kappa shape index (κ3) is 3.67. The van der Waals surface area contributed by atoms with Gasteiger partial charge in [-0.05, 0) is 19.1 Å². The van der Waals surface area contributed by atoms with Crippen molar-refractivity contribution in [3.63, 3.8) is 0 Å². The molecule has 6 nitrogen and oxygen atoms in total. The van der Waals surface area contributed by atoms with Gasteiger partial charge in [0.1, 0.15) is 5.56 Å². The molecule has 0 bridgehead atoms. The third-order valence-electron chi connectivity index (χ3n) is 2.42. The summed E-state index contributed by atoms with van der Waals surface area (Å²) in [6.07, 6.45) is -4.74. The van der Waals surface area contributed by atoms with Crippen molar-refractivity contribution in [2.75, 3.05) is 6.61 Å². The Morgan fingerprint density at radius 3 is 2.55 bits per heavy atom. The Labute approximate surface area is 111 Å². The fourth-order valence-corrected chi connectivity index (χ4v) is 1.40. The van der Waals surface area contributed by atoms with E-state index < -0.39 is 46.5 Å². The molecule has 0 heterocycles. The summed E-state index contributed by atoms with van der Waals surface area (Å²) in [5.41, 5.74) is -2.65. The number of rotatable bonds is 4. The van der Waals surface area contributed by atoms with Crippen molar-refractivity contribution >= 4 is 11.6 Å². The Bertz CT molecular complexity index is 531. The molecule has 0 saturated heterocycles. The molecule has 0 spiro atoms. The average Bonchev–Trinajstić information content (AvgIpc) is 2.36. The van der Waals surface area contributed by atoms with Crippen LogP contribution in [0.25, 0.3) is 0 Å². The van der Waals surface area contributed by atoms with E-state index in [1.165, 1.54) is 6.92 Å². The molecule has 0 radical (unpaired) electrons. The van der Waals surface area contributed by atoms with Crippen molar-refractivity contribution in [1.82, 2.24) is 5.32 Å². The minimum absolute atomic E-state index is 0.304. The molecule has 110 valence electrons. The second-order valence-electron chi connectivity index (χ2n) is 4.04. The van der Waals surface area contributed by atoms with Gasteiger partial charge in [0.2, 0.25) is 0 Å². The first kappa shape index (κ1) is 15.9. The highest BCUT2D eigenvalue weighted by molar-refractivity contribution is 5.98. The lowest BCUT2D eigenvalue weighted by Crippen LogP contribution is -2.35. The van der Waals surface area contributed by atoms with Gasteiger partial charge in [0.15, 0.2) is 0 Å². The van der Waals surface area contributed by atoms with Crippen LogP contribution in [-0.2, 0) is 6.18 Å². The van der Waals surface area contributed by atoms with Crippen LogP contribution in [0.15, 0.2) is 18.2 Å². The van der Waals surface area contributed by atoms with Crippen LogP contribution in [0.1, 0.15) is 22.8 Å². The van der Waals surface area contributed by atoms with Gasteiger partial charge in [-0.25, -0.2) is 0 Å². The van der Waals surface area contributed by atoms with E-state index >= 15 is 0 Å². The molecule has 0 aromatic heterocycles. The molecular formula is C11H11F3N2O4. The molecule has 2 N–H and O–H groups in total. The van der Waals surface area contributed by atoms with Crippen molar-refractivity contribution in [2.45, 2.75) is 19.1 Å². The summed E-state index contributed by atoms with van der Waals surface area (Å²) >= 11 is 0. The highest BCUT2D eigenvalue weighted by atomic mass is 19.4. The first-order chi connectivity index (χ1) is 9.16. The zero-order valence-electron chi connectivity index (χ0n) is 10.3. The highest BCUT2D eigenvalue weighted by Gasteiger charge is 2.34. The van der Waals surface area contributed by atoms with Crippen molar-refractivity contribution in [3.8, 4) is 0 Å². The molecule has 0 aliphatic carbocycles. The van der Waals surface area contributed by atoms with Crippen LogP contribution < -0.4 is 5.32 Å². The minimum Gasteiger partial charge on any atom is -0.394 e. The van der Waals surface area contributed by atoms with E-state index in [0.29, 0.717) is 12.1 Å². The minimum atomic E-state index is -4.74. The molecule has 0 aliphatic rings. The summed E-state index contributed by atoms with van der Waals surface area (Å²) < 4.78 is 37.4. The topological polar surface area (TPSA) is 92.5 Å². The third-order valence-corrected chi connectivity index (χ3v) is 2.42. The molecule has 1 aromatic rings. The molecule has 1 unspecified atom stereocenters. The summed E-state index contributed by atoms with van der Waals surface area (Å²) in [7, 11) is 0. The van der Waals surface area contributed by atoms with Crippen molar-refractivity contribution in [1.29, 1.82) is 0 Å². The number of nitro benzene ring substituents is 1. The fourth-order valence-electron chi connectivity index (χ4n) is 1.40. The summed E-state index contributed by atoms with van der Waals surface area (Å²) in [5.74, 6) is -0.924. The van der Waals surface area contributed by atoms with Crippen molar-refractivity contribution in [3.05, 3.63) is 39.4 Å². The molecule has 20 heavy (non-hydrogen) atoms. The molecule has 1 atom stereocenters. The van der Waals surface area contributed by atoms with E-state index in [0.717, 1.165) is 6.07 Å². The van der Waals surface area contributed by atoms with E-state index in [1.807, 2.05) is 0 Å². The van der Waals surface area contributed by atoms with Crippen LogP contribution in [0.5, 0.6) is 0 Å². The molecular weight excluding hydrogens is 281 g/mol. The van der Waals surface area contributed by atoms with Gasteiger partial charge in [0.05, 0.1) is 17.1 Å². The summed E-state index contributed by atoms with van der Waals surface area (Å²) in [4.78, 5) is 21.4. The molecule has 0 fully saturated rings. The number of nitro groups is 1. The Hall–Kier alpha value is -2.16. The molecule has 9 heteroatoms. The number of aliphatic hydroxyl groups excluding tert-OH is 1. The van der Waals surface area contributed by atoms with Crippen LogP contribution >= 0.6 is 0 Å². The number of halogens is 3. The van der Waals surface area contributed by atoms with Crippen LogP contribution in [0.2, 0.25) is 0 Å². The number of benzene rings is 1. The van der Waals surface area contributed by atoms with E-state index in [4.69, 9.17) is 5.11 Å². The largest absolute Gasteiger partial charge is 0.416 e. The Balaban J connectivity index is 3.21. The van der Waals surface area contributed by atoms with Gasteiger partial charge in [-0.3, -0.25) is 14.9 Å². The number of carbonyl (C=O) groups excluding carboxylic acids is 1. The van der Waals surface area contributed by atoms with Gasteiger partial charge in [-0.2, -0.15) is 13.2 Å². The lowest BCUT2D eigenvalue weighted by Gasteiger charge is -2.12. The zero-order valence-corrected chi connectivity index (χ0v) is 10.3. The molecule has 0 saturated carbocycles. The lowest BCUT2D eigenvalue weighted by atomic mass is 10.1. The smallest absolute Gasteiger partial charge is 0.394 e. The Morgan fingerprint density at radius 1 is 1.50 bits per heavy atom. The second kappa shape index (κ2) is 5.87. The Morgan fingerprint density at radius 2 is 2.10 bits per heavy atom. The number of hydrogen-bond donors (Lipinski definition) is 2. The normalized spacial score (nSPS) is 12.8. The van der Waals surface area contributed by atoms with Crippen LogP contribution in [0, 0.1) is 10.1 Å². The highest BCUT2D eigenvalue weighted by Crippen LogP contribution is 2.32. The van der Waals surface area contributed by atoms with E-state index in [2.05, 4.69) is 5.32 Å². The number of amides is 1. The zero-order chi connectivity index (χ0) is 15.5. The maximum Gasteiger partial charge on any atom is 0.416 e. The Kier molecular flexibility index (Phi) is 4.66. The molecule has 1 aromatic carbocycles. The maximum absolute atomic E-state index is 12.5. The number of alkyl halides is 3. The average molecular weight is 292 g/mol.